The molecule has 2 saturated carbocycles. The summed E-state index contributed by atoms with van der Waals surface area (Å²) in [6, 6.07) is 2.77. The Balaban J connectivity index is 0.000000562. The molecule has 1 unspecified atom stereocenters. The molecule has 0 spiro atoms. The first-order valence-electron chi connectivity index (χ1n) is 5.84. The first kappa shape index (κ1) is 13.6. The van der Waals surface area contributed by atoms with Crippen LogP contribution >= 0.6 is 24.8 Å². The van der Waals surface area contributed by atoms with Gasteiger partial charge < -0.3 is 0 Å². The van der Waals surface area contributed by atoms with Crippen molar-refractivity contribution in [2.45, 2.75) is 50.7 Å². The van der Waals surface area contributed by atoms with Gasteiger partial charge >= 0.3 is 0 Å². The molecule has 3 aliphatic rings. The second-order valence-electron chi connectivity index (χ2n) is 5.04. The highest BCUT2D eigenvalue weighted by Gasteiger charge is 2.38. The van der Waals surface area contributed by atoms with Crippen LogP contribution in [0.3, 0.4) is 0 Å². The summed E-state index contributed by atoms with van der Waals surface area (Å²) in [5.74, 6) is 0. The maximum atomic E-state index is 2.74. The second kappa shape index (κ2) is 5.22. The third-order valence-corrected chi connectivity index (χ3v) is 3.79. The van der Waals surface area contributed by atoms with Gasteiger partial charge in [0, 0.05) is 37.8 Å². The molecule has 90 valence electrons. The van der Waals surface area contributed by atoms with Crippen LogP contribution in [0.5, 0.6) is 0 Å². The van der Waals surface area contributed by atoms with Crippen molar-refractivity contribution in [2.75, 3.05) is 19.6 Å². The van der Waals surface area contributed by atoms with Gasteiger partial charge in [-0.15, -0.1) is 24.8 Å². The van der Waals surface area contributed by atoms with Gasteiger partial charge in [0.1, 0.15) is 0 Å². The molecule has 0 bridgehead atoms. The zero-order valence-corrected chi connectivity index (χ0v) is 11.0. The maximum absolute atomic E-state index is 2.74. The molecule has 0 N–H and O–H groups in total. The van der Waals surface area contributed by atoms with Gasteiger partial charge in [0.15, 0.2) is 0 Å². The van der Waals surface area contributed by atoms with Crippen molar-refractivity contribution >= 4 is 24.8 Å². The highest BCUT2D eigenvalue weighted by molar-refractivity contribution is 5.85. The zero-order chi connectivity index (χ0) is 8.84. The second-order valence-corrected chi connectivity index (χ2v) is 5.04. The molecule has 0 amide bonds. The third kappa shape index (κ3) is 3.00. The van der Waals surface area contributed by atoms with E-state index in [1.54, 1.807) is 0 Å². The van der Waals surface area contributed by atoms with E-state index < -0.39 is 0 Å². The summed E-state index contributed by atoms with van der Waals surface area (Å²) in [4.78, 5) is 5.45. The van der Waals surface area contributed by atoms with Crippen molar-refractivity contribution < 1.29 is 0 Å². The Kier molecular flexibility index (Phi) is 4.72. The van der Waals surface area contributed by atoms with Gasteiger partial charge in [-0.2, -0.15) is 0 Å². The van der Waals surface area contributed by atoms with Gasteiger partial charge in [0.2, 0.25) is 0 Å². The van der Waals surface area contributed by atoms with E-state index in [9.17, 15) is 0 Å². The lowest BCUT2D eigenvalue weighted by Crippen LogP contribution is -2.53. The van der Waals surface area contributed by atoms with Crippen molar-refractivity contribution in [2.24, 2.45) is 0 Å². The highest BCUT2D eigenvalue weighted by Crippen LogP contribution is 2.33. The summed E-state index contributed by atoms with van der Waals surface area (Å²) in [5.41, 5.74) is 0. The van der Waals surface area contributed by atoms with Crippen LogP contribution in [0.2, 0.25) is 0 Å². The number of piperazine rings is 1. The van der Waals surface area contributed by atoms with E-state index >= 15 is 0 Å². The number of halogens is 2. The van der Waals surface area contributed by atoms with E-state index in [0.717, 1.165) is 18.1 Å². The summed E-state index contributed by atoms with van der Waals surface area (Å²) < 4.78 is 0. The molecular weight excluding hydrogens is 231 g/mol. The molecule has 0 aromatic heterocycles. The van der Waals surface area contributed by atoms with Crippen molar-refractivity contribution in [1.82, 2.24) is 9.80 Å². The maximum Gasteiger partial charge on any atom is 0.0198 e. The SMILES string of the molecule is CC1CN(C2CC2)CCN1C1CC1.Cl.Cl. The molecule has 1 heterocycles. The standard InChI is InChI=1S/C11H20N2.2ClH/c1-9-8-12(10-2-3-10)6-7-13(9)11-4-5-11;;/h9-11H,2-8H2,1H3;2*1H. The number of nitrogens with zero attached hydrogens (tertiary/aromatic N) is 2. The molecule has 2 nitrogen and oxygen atoms in total. The molecule has 3 rings (SSSR count). The lowest BCUT2D eigenvalue weighted by atomic mass is 10.2. The molecule has 1 aliphatic heterocycles. The Labute approximate surface area is 105 Å². The lowest BCUT2D eigenvalue weighted by molar-refractivity contribution is 0.0726. The van der Waals surface area contributed by atoms with E-state index in [1.165, 1.54) is 45.3 Å². The fraction of sp³-hybridized carbons (Fsp3) is 1.00. The Morgan fingerprint density at radius 2 is 1.47 bits per heavy atom. The number of hydrogen-bond donors (Lipinski definition) is 0. The van der Waals surface area contributed by atoms with E-state index in [-0.39, 0.29) is 24.8 Å². The smallest absolute Gasteiger partial charge is 0.0198 e. The molecule has 0 aromatic carbocycles. The van der Waals surface area contributed by atoms with E-state index in [1.807, 2.05) is 0 Å². The summed E-state index contributed by atoms with van der Waals surface area (Å²) in [6.45, 7) is 6.42. The Morgan fingerprint density at radius 1 is 0.867 bits per heavy atom. The molecule has 1 atom stereocenters. The largest absolute Gasteiger partial charge is 0.298 e. The third-order valence-electron chi connectivity index (χ3n) is 3.79. The Hall–Kier alpha value is 0.500. The Morgan fingerprint density at radius 3 is 1.93 bits per heavy atom. The van der Waals surface area contributed by atoms with Gasteiger partial charge in [0.05, 0.1) is 0 Å². The predicted octanol–water partition coefficient (Wildman–Crippen LogP) is 2.16. The summed E-state index contributed by atoms with van der Waals surface area (Å²) in [7, 11) is 0. The van der Waals surface area contributed by atoms with Crippen LogP contribution in [0, 0.1) is 0 Å². The molecule has 15 heavy (non-hydrogen) atoms. The minimum absolute atomic E-state index is 0. The average molecular weight is 253 g/mol. The normalized spacial score (nSPS) is 33.0. The van der Waals surface area contributed by atoms with Gasteiger partial charge in [-0.25, -0.2) is 0 Å². The summed E-state index contributed by atoms with van der Waals surface area (Å²) >= 11 is 0. The van der Waals surface area contributed by atoms with Crippen molar-refractivity contribution in [3.63, 3.8) is 0 Å². The number of hydrogen-bond acceptors (Lipinski definition) is 2. The van der Waals surface area contributed by atoms with Gasteiger partial charge in [0.25, 0.3) is 0 Å². The van der Waals surface area contributed by atoms with E-state index in [4.69, 9.17) is 0 Å². The first-order valence-corrected chi connectivity index (χ1v) is 5.84. The van der Waals surface area contributed by atoms with Crippen molar-refractivity contribution in [1.29, 1.82) is 0 Å². The van der Waals surface area contributed by atoms with Crippen molar-refractivity contribution in [3.05, 3.63) is 0 Å². The monoisotopic (exact) mass is 252 g/mol. The molecule has 0 radical (unpaired) electrons. The average Bonchev–Trinajstić information content (AvgIpc) is 3.00. The van der Waals surface area contributed by atoms with Crippen LogP contribution < -0.4 is 0 Å². The topological polar surface area (TPSA) is 6.48 Å². The van der Waals surface area contributed by atoms with E-state index in [2.05, 4.69) is 16.7 Å². The number of rotatable bonds is 2. The minimum Gasteiger partial charge on any atom is -0.298 e. The molecule has 4 heteroatoms. The zero-order valence-electron chi connectivity index (χ0n) is 9.39. The predicted molar refractivity (Wildman–Crippen MR) is 68.3 cm³/mol. The van der Waals surface area contributed by atoms with Crippen LogP contribution in [0.15, 0.2) is 0 Å². The molecular formula is C11H22Cl2N2. The highest BCUT2D eigenvalue weighted by atomic mass is 35.5. The fourth-order valence-corrected chi connectivity index (χ4v) is 2.72. The lowest BCUT2D eigenvalue weighted by Gasteiger charge is -2.40. The van der Waals surface area contributed by atoms with E-state index in [0.29, 0.717) is 0 Å². The molecule has 3 fully saturated rings. The molecule has 0 aromatic rings. The van der Waals surface area contributed by atoms with Gasteiger partial charge in [-0.1, -0.05) is 0 Å². The van der Waals surface area contributed by atoms with Gasteiger partial charge in [-0.05, 0) is 32.6 Å². The van der Waals surface area contributed by atoms with Gasteiger partial charge in [-0.3, -0.25) is 9.80 Å². The summed E-state index contributed by atoms with van der Waals surface area (Å²) in [6.07, 6.45) is 5.87. The van der Waals surface area contributed by atoms with Crippen LogP contribution in [0.1, 0.15) is 32.6 Å². The van der Waals surface area contributed by atoms with Crippen LogP contribution in [0.4, 0.5) is 0 Å². The van der Waals surface area contributed by atoms with Crippen molar-refractivity contribution in [3.8, 4) is 0 Å². The van der Waals surface area contributed by atoms with Crippen LogP contribution in [0.25, 0.3) is 0 Å². The Bertz CT molecular complexity index is 205. The van der Waals surface area contributed by atoms with Crippen LogP contribution in [-0.2, 0) is 0 Å². The molecule has 2 aliphatic carbocycles. The van der Waals surface area contributed by atoms with Crippen LogP contribution in [-0.4, -0.2) is 47.6 Å². The molecule has 1 saturated heterocycles. The quantitative estimate of drug-likeness (QED) is 0.744. The first-order chi connectivity index (χ1) is 6.34. The fourth-order valence-electron chi connectivity index (χ4n) is 2.72. The minimum atomic E-state index is 0. The summed E-state index contributed by atoms with van der Waals surface area (Å²) in [5, 5.41) is 0.